The Bertz CT molecular complexity index is 377. The highest BCUT2D eigenvalue weighted by Gasteiger charge is 2.12. The average molecular weight is 333 g/mol. The lowest BCUT2D eigenvalue weighted by atomic mass is 10.1. The van der Waals surface area contributed by atoms with Crippen molar-refractivity contribution in [1.29, 1.82) is 0 Å². The van der Waals surface area contributed by atoms with Crippen LogP contribution in [-0.2, 0) is 15.9 Å². The molecule has 1 unspecified atom stereocenters. The van der Waals surface area contributed by atoms with Crippen molar-refractivity contribution >= 4 is 15.9 Å². The standard InChI is InChI=1S/C13H21BrN2O3/c1-17-5-6-19-9-12(16-15)8-10-7-11(14)3-4-13(10)18-2/h3-4,7,12,16H,5-6,8-9,15H2,1-2H3. The summed E-state index contributed by atoms with van der Waals surface area (Å²) in [6.07, 6.45) is 0.728. The summed E-state index contributed by atoms with van der Waals surface area (Å²) in [4.78, 5) is 0. The highest BCUT2D eigenvalue weighted by atomic mass is 79.9. The molecule has 3 N–H and O–H groups in total. The molecule has 108 valence electrons. The second-order valence-electron chi connectivity index (χ2n) is 4.09. The van der Waals surface area contributed by atoms with Gasteiger partial charge in [0.15, 0.2) is 0 Å². The van der Waals surface area contributed by atoms with Gasteiger partial charge in [-0.3, -0.25) is 11.3 Å². The van der Waals surface area contributed by atoms with Crippen LogP contribution in [0.1, 0.15) is 5.56 Å². The first-order valence-electron chi connectivity index (χ1n) is 6.06. The van der Waals surface area contributed by atoms with Crippen molar-refractivity contribution in [3.63, 3.8) is 0 Å². The van der Waals surface area contributed by atoms with E-state index in [4.69, 9.17) is 20.1 Å². The Morgan fingerprint density at radius 2 is 2.11 bits per heavy atom. The molecule has 0 radical (unpaired) electrons. The van der Waals surface area contributed by atoms with Gasteiger partial charge in [0.1, 0.15) is 5.75 Å². The van der Waals surface area contributed by atoms with Gasteiger partial charge < -0.3 is 14.2 Å². The van der Waals surface area contributed by atoms with Crippen molar-refractivity contribution in [2.75, 3.05) is 34.0 Å². The van der Waals surface area contributed by atoms with Crippen molar-refractivity contribution in [2.45, 2.75) is 12.5 Å². The second-order valence-corrected chi connectivity index (χ2v) is 5.01. The van der Waals surface area contributed by atoms with Gasteiger partial charge >= 0.3 is 0 Å². The van der Waals surface area contributed by atoms with Crippen LogP contribution < -0.4 is 16.0 Å². The van der Waals surface area contributed by atoms with E-state index in [0.29, 0.717) is 19.8 Å². The van der Waals surface area contributed by atoms with E-state index in [9.17, 15) is 0 Å². The number of hydrazine groups is 1. The number of hydrogen-bond acceptors (Lipinski definition) is 5. The predicted molar refractivity (Wildman–Crippen MR) is 78.2 cm³/mol. The first-order chi connectivity index (χ1) is 9.21. The first kappa shape index (κ1) is 16.4. The van der Waals surface area contributed by atoms with Crippen LogP contribution in [0.5, 0.6) is 5.75 Å². The van der Waals surface area contributed by atoms with Crippen LogP contribution >= 0.6 is 15.9 Å². The van der Waals surface area contributed by atoms with E-state index in [1.54, 1.807) is 14.2 Å². The summed E-state index contributed by atoms with van der Waals surface area (Å²) in [6, 6.07) is 5.93. The lowest BCUT2D eigenvalue weighted by molar-refractivity contribution is 0.0586. The highest BCUT2D eigenvalue weighted by Crippen LogP contribution is 2.24. The molecule has 0 aliphatic carbocycles. The summed E-state index contributed by atoms with van der Waals surface area (Å²) < 4.78 is 16.8. The van der Waals surface area contributed by atoms with Gasteiger partial charge in [-0.25, -0.2) is 0 Å². The van der Waals surface area contributed by atoms with E-state index in [2.05, 4.69) is 21.4 Å². The van der Waals surface area contributed by atoms with E-state index >= 15 is 0 Å². The Labute approximate surface area is 122 Å². The number of ether oxygens (including phenoxy) is 3. The van der Waals surface area contributed by atoms with Gasteiger partial charge in [0, 0.05) is 17.6 Å². The lowest BCUT2D eigenvalue weighted by Crippen LogP contribution is -2.40. The van der Waals surface area contributed by atoms with Crippen LogP contribution in [0, 0.1) is 0 Å². The maximum absolute atomic E-state index is 5.55. The zero-order chi connectivity index (χ0) is 14.1. The van der Waals surface area contributed by atoms with Crippen LogP contribution in [0.15, 0.2) is 22.7 Å². The molecule has 6 heteroatoms. The van der Waals surface area contributed by atoms with Gasteiger partial charge in [-0.2, -0.15) is 0 Å². The topological polar surface area (TPSA) is 65.7 Å². The monoisotopic (exact) mass is 332 g/mol. The van der Waals surface area contributed by atoms with Crippen LogP contribution in [0.4, 0.5) is 0 Å². The number of nitrogens with two attached hydrogens (primary N) is 1. The normalized spacial score (nSPS) is 12.4. The lowest BCUT2D eigenvalue weighted by Gasteiger charge is -2.18. The second kappa shape index (κ2) is 9.28. The molecule has 5 nitrogen and oxygen atoms in total. The van der Waals surface area contributed by atoms with Gasteiger partial charge in [-0.15, -0.1) is 0 Å². The van der Waals surface area contributed by atoms with Crippen molar-refractivity contribution in [3.8, 4) is 5.75 Å². The maximum atomic E-state index is 5.55. The van der Waals surface area contributed by atoms with E-state index in [1.807, 2.05) is 18.2 Å². The number of benzene rings is 1. The summed E-state index contributed by atoms with van der Waals surface area (Å²) in [5, 5.41) is 0. The third kappa shape index (κ3) is 5.88. The fraction of sp³-hybridized carbons (Fsp3) is 0.538. The van der Waals surface area contributed by atoms with Gasteiger partial charge in [0.25, 0.3) is 0 Å². The molecule has 0 bridgehead atoms. The molecule has 0 saturated heterocycles. The molecule has 19 heavy (non-hydrogen) atoms. The fourth-order valence-corrected chi connectivity index (χ4v) is 2.11. The number of nitrogens with one attached hydrogen (secondary N) is 1. The van der Waals surface area contributed by atoms with E-state index < -0.39 is 0 Å². The summed E-state index contributed by atoms with van der Waals surface area (Å²) in [5.74, 6) is 6.40. The van der Waals surface area contributed by atoms with Crippen LogP contribution in [0.2, 0.25) is 0 Å². The van der Waals surface area contributed by atoms with E-state index in [0.717, 1.165) is 22.2 Å². The minimum absolute atomic E-state index is 0.0278. The molecule has 0 aliphatic rings. The Balaban J connectivity index is 2.56. The van der Waals surface area contributed by atoms with Gasteiger partial charge in [-0.1, -0.05) is 15.9 Å². The molecule has 0 heterocycles. The first-order valence-corrected chi connectivity index (χ1v) is 6.85. The summed E-state index contributed by atoms with van der Waals surface area (Å²) in [7, 11) is 3.31. The minimum Gasteiger partial charge on any atom is -0.496 e. The van der Waals surface area contributed by atoms with Crippen molar-refractivity contribution < 1.29 is 14.2 Å². The molecule has 0 saturated carbocycles. The number of halogens is 1. The molecule has 0 spiro atoms. The smallest absolute Gasteiger partial charge is 0.122 e. The largest absolute Gasteiger partial charge is 0.496 e. The number of hydrogen-bond donors (Lipinski definition) is 2. The summed E-state index contributed by atoms with van der Waals surface area (Å²) >= 11 is 3.46. The Hall–Kier alpha value is -0.660. The van der Waals surface area contributed by atoms with E-state index in [-0.39, 0.29) is 6.04 Å². The molecule has 0 aromatic heterocycles. The SMILES string of the molecule is COCCOCC(Cc1cc(Br)ccc1OC)NN. The Morgan fingerprint density at radius 1 is 1.32 bits per heavy atom. The maximum Gasteiger partial charge on any atom is 0.122 e. The molecule has 0 amide bonds. The third-order valence-corrected chi connectivity index (χ3v) is 3.19. The zero-order valence-corrected chi connectivity index (χ0v) is 12.9. The molecular formula is C13H21BrN2O3. The molecule has 0 aliphatic heterocycles. The van der Waals surface area contributed by atoms with Gasteiger partial charge in [-0.05, 0) is 30.2 Å². The quantitative estimate of drug-likeness (QED) is 0.407. The molecule has 0 fully saturated rings. The average Bonchev–Trinajstić information content (AvgIpc) is 2.42. The highest BCUT2D eigenvalue weighted by molar-refractivity contribution is 9.10. The summed E-state index contributed by atoms with van der Waals surface area (Å²) in [5.41, 5.74) is 3.84. The third-order valence-electron chi connectivity index (χ3n) is 2.70. The predicted octanol–water partition coefficient (Wildman–Crippen LogP) is 1.50. The zero-order valence-electron chi connectivity index (χ0n) is 11.3. The number of rotatable bonds is 9. The number of methoxy groups -OCH3 is 2. The Morgan fingerprint density at radius 3 is 2.74 bits per heavy atom. The fourth-order valence-electron chi connectivity index (χ4n) is 1.71. The van der Waals surface area contributed by atoms with Crippen molar-refractivity contribution in [2.24, 2.45) is 5.84 Å². The van der Waals surface area contributed by atoms with Crippen LogP contribution in [-0.4, -0.2) is 40.1 Å². The molecular weight excluding hydrogens is 312 g/mol. The van der Waals surface area contributed by atoms with E-state index in [1.165, 1.54) is 0 Å². The van der Waals surface area contributed by atoms with Crippen molar-refractivity contribution in [3.05, 3.63) is 28.2 Å². The van der Waals surface area contributed by atoms with Crippen LogP contribution in [0.25, 0.3) is 0 Å². The minimum atomic E-state index is 0.0278. The summed E-state index contributed by atoms with van der Waals surface area (Å²) in [6.45, 7) is 1.66. The molecule has 1 rings (SSSR count). The molecule has 1 aromatic rings. The van der Waals surface area contributed by atoms with Gasteiger partial charge in [0.2, 0.25) is 0 Å². The van der Waals surface area contributed by atoms with Gasteiger partial charge in [0.05, 0.1) is 26.9 Å². The molecule has 1 atom stereocenters. The Kier molecular flexibility index (Phi) is 8.00. The van der Waals surface area contributed by atoms with Crippen molar-refractivity contribution in [1.82, 2.24) is 5.43 Å². The van der Waals surface area contributed by atoms with Crippen LogP contribution in [0.3, 0.4) is 0 Å². The molecule has 1 aromatic carbocycles.